The van der Waals surface area contributed by atoms with E-state index in [4.69, 9.17) is 0 Å². The van der Waals surface area contributed by atoms with Crippen LogP contribution < -0.4 is 0 Å². The van der Waals surface area contributed by atoms with E-state index in [-0.39, 0.29) is 42.4 Å². The molecular weight excluding hydrogens is 366 g/mol. The van der Waals surface area contributed by atoms with E-state index in [2.05, 4.69) is 100 Å². The first-order valence-corrected chi connectivity index (χ1v) is 7.35. The van der Waals surface area contributed by atoms with Crippen LogP contribution in [0.4, 0.5) is 0 Å². The number of hydrogen-bond acceptors (Lipinski definition) is 0. The molecule has 0 aliphatic rings. The summed E-state index contributed by atoms with van der Waals surface area (Å²) in [4.78, 5) is 0. The maximum absolute atomic E-state index is 3.06. The van der Waals surface area contributed by atoms with Crippen molar-refractivity contribution in [3.63, 3.8) is 0 Å². The minimum Gasteiger partial charge on any atom is -0.147 e. The van der Waals surface area contributed by atoms with Crippen molar-refractivity contribution in [1.82, 2.24) is 0 Å². The lowest BCUT2D eigenvalue weighted by Crippen LogP contribution is -2.21. The molecule has 0 radical (unpaired) electrons. The van der Waals surface area contributed by atoms with Crippen molar-refractivity contribution >= 4 is 46.5 Å². The van der Waals surface area contributed by atoms with Crippen molar-refractivity contribution in [2.24, 2.45) is 0 Å². The highest BCUT2D eigenvalue weighted by molar-refractivity contribution is 7.19. The third-order valence-corrected chi connectivity index (χ3v) is 4.69. The summed E-state index contributed by atoms with van der Waals surface area (Å²) in [5.74, 6) is 0. The van der Waals surface area contributed by atoms with Crippen LogP contribution in [0.2, 0.25) is 0 Å². The topological polar surface area (TPSA) is 0 Å². The molecule has 0 fully saturated rings. The minimum absolute atomic E-state index is 0. The molecule has 0 N–H and O–H groups in total. The second kappa shape index (κ2) is 9.96. The van der Waals surface area contributed by atoms with Gasteiger partial charge in [0.15, 0.2) is 0 Å². The van der Waals surface area contributed by atoms with Crippen molar-refractivity contribution in [2.45, 2.75) is 5.16 Å². The third-order valence-electron chi connectivity index (χ3n) is 3.69. The molecule has 23 heavy (non-hydrogen) atoms. The lowest BCUT2D eigenvalue weighted by molar-refractivity contribution is 0.897. The first kappa shape index (κ1) is 22.0. The number of rotatable bonds is 3. The molecule has 0 saturated heterocycles. The van der Waals surface area contributed by atoms with E-state index in [1.807, 2.05) is 0 Å². The van der Waals surface area contributed by atoms with Gasteiger partial charge in [-0.1, -0.05) is 91.0 Å². The van der Waals surface area contributed by atoms with Crippen LogP contribution in [0.5, 0.6) is 0 Å². The summed E-state index contributed by atoms with van der Waals surface area (Å²) in [6, 6.07) is 31.9. The van der Waals surface area contributed by atoms with Gasteiger partial charge in [-0.3, -0.25) is 0 Å². The Labute approximate surface area is 159 Å². The predicted molar refractivity (Wildman–Crippen MR) is 111 cm³/mol. The van der Waals surface area contributed by atoms with Crippen LogP contribution in [0.25, 0.3) is 0 Å². The summed E-state index contributed by atoms with van der Waals surface area (Å²) < 4.78 is 0. The van der Waals surface area contributed by atoms with Gasteiger partial charge in [0.1, 0.15) is 0 Å². The van der Waals surface area contributed by atoms with Gasteiger partial charge >= 0.3 is 0 Å². The fraction of sp³-hybridized carbons (Fsp3) is 0.0526. The van der Waals surface area contributed by atoms with Crippen molar-refractivity contribution in [3.05, 3.63) is 108 Å². The van der Waals surface area contributed by atoms with Gasteiger partial charge in [-0.2, -0.15) is 0 Å². The Hall–Kier alpha value is -1.04. The van der Waals surface area contributed by atoms with E-state index in [0.717, 1.165) is 0 Å². The zero-order valence-electron chi connectivity index (χ0n) is 12.5. The molecule has 122 valence electrons. The average molecular weight is 386 g/mol. The van der Waals surface area contributed by atoms with Crippen molar-refractivity contribution in [1.29, 1.82) is 0 Å². The molecule has 0 aliphatic heterocycles. The monoisotopic (exact) mass is 384 g/mol. The fourth-order valence-electron chi connectivity index (χ4n) is 2.60. The van der Waals surface area contributed by atoms with Gasteiger partial charge in [0.25, 0.3) is 0 Å². The predicted octanol–water partition coefficient (Wildman–Crippen LogP) is 6.12. The molecule has 0 saturated carbocycles. The van der Waals surface area contributed by atoms with Gasteiger partial charge in [0.2, 0.25) is 0 Å². The lowest BCUT2D eigenvalue weighted by atomic mass is 9.84. The summed E-state index contributed by atoms with van der Waals surface area (Å²) in [5, 5.41) is -0.205. The minimum atomic E-state index is -0.205. The Morgan fingerprint density at radius 1 is 0.435 bits per heavy atom. The maximum atomic E-state index is 3.06. The van der Waals surface area contributed by atoms with Gasteiger partial charge in [0.05, 0.1) is 5.16 Å². The number of hydrogen-bond donors (Lipinski definition) is 0. The maximum Gasteiger partial charge on any atom is 0.0591 e. The van der Waals surface area contributed by atoms with Gasteiger partial charge in [-0.15, -0.1) is 46.5 Å². The zero-order chi connectivity index (χ0) is 13.8. The Morgan fingerprint density at radius 3 is 0.870 bits per heavy atom. The normalized spacial score (nSPS) is 9.78. The van der Waals surface area contributed by atoms with E-state index >= 15 is 0 Å². The lowest BCUT2D eigenvalue weighted by Gasteiger charge is -2.31. The second-order valence-electron chi connectivity index (χ2n) is 4.91. The van der Waals surface area contributed by atoms with E-state index in [0.29, 0.717) is 0 Å². The van der Waals surface area contributed by atoms with Gasteiger partial charge in [0, 0.05) is 0 Å². The van der Waals surface area contributed by atoms with Gasteiger partial charge in [-0.25, -0.2) is 0 Å². The number of halogens is 3. The molecule has 3 rings (SSSR count). The standard InChI is InChI=1S/C19H17P.3ClH/c20-19(16-10-4-1-5-11-16,17-12-6-2-7-13-17)18-14-8-3-9-15-18;;;/h1-15H,20H2;3*1H. The van der Waals surface area contributed by atoms with Crippen molar-refractivity contribution in [3.8, 4) is 0 Å². The van der Waals surface area contributed by atoms with Crippen molar-refractivity contribution in [2.75, 3.05) is 0 Å². The van der Waals surface area contributed by atoms with Crippen LogP contribution in [0, 0.1) is 0 Å². The molecule has 0 amide bonds. The van der Waals surface area contributed by atoms with Gasteiger partial charge in [-0.05, 0) is 16.7 Å². The van der Waals surface area contributed by atoms with Crippen LogP contribution in [0.3, 0.4) is 0 Å². The van der Waals surface area contributed by atoms with E-state index < -0.39 is 0 Å². The molecule has 3 aromatic rings. The summed E-state index contributed by atoms with van der Waals surface area (Å²) in [5.41, 5.74) is 3.84. The Balaban J connectivity index is 0.00000161. The summed E-state index contributed by atoms with van der Waals surface area (Å²) in [7, 11) is 3.06. The highest BCUT2D eigenvalue weighted by Crippen LogP contribution is 2.44. The number of benzene rings is 3. The largest absolute Gasteiger partial charge is 0.147 e. The smallest absolute Gasteiger partial charge is 0.0591 e. The van der Waals surface area contributed by atoms with E-state index in [1.54, 1.807) is 0 Å². The average Bonchev–Trinajstić information content (AvgIpc) is 2.56. The molecule has 3 aromatic carbocycles. The molecule has 1 unspecified atom stereocenters. The fourth-order valence-corrected chi connectivity index (χ4v) is 3.18. The first-order valence-electron chi connectivity index (χ1n) is 6.77. The van der Waals surface area contributed by atoms with Crippen molar-refractivity contribution < 1.29 is 0 Å². The molecule has 0 nitrogen and oxygen atoms in total. The molecule has 0 aliphatic carbocycles. The quantitative estimate of drug-likeness (QED) is 0.376. The van der Waals surface area contributed by atoms with Crippen LogP contribution in [0.1, 0.15) is 16.7 Å². The Kier molecular flexibility index (Phi) is 9.51. The van der Waals surface area contributed by atoms with Gasteiger partial charge < -0.3 is 0 Å². The highest BCUT2D eigenvalue weighted by Gasteiger charge is 2.30. The van der Waals surface area contributed by atoms with Crippen LogP contribution in [-0.2, 0) is 5.16 Å². The molecule has 4 heteroatoms. The Morgan fingerprint density at radius 2 is 0.652 bits per heavy atom. The molecule has 0 heterocycles. The van der Waals surface area contributed by atoms with E-state index in [9.17, 15) is 0 Å². The summed E-state index contributed by atoms with van der Waals surface area (Å²) >= 11 is 0. The summed E-state index contributed by atoms with van der Waals surface area (Å²) in [6.07, 6.45) is 0. The van der Waals surface area contributed by atoms with Crippen LogP contribution in [0.15, 0.2) is 91.0 Å². The SMILES string of the molecule is Cl.Cl.Cl.PC(c1ccccc1)(c1ccccc1)c1ccccc1. The first-order chi connectivity index (χ1) is 9.82. The Bertz CT molecular complexity index is 576. The summed E-state index contributed by atoms with van der Waals surface area (Å²) in [6.45, 7) is 0. The van der Waals surface area contributed by atoms with Crippen LogP contribution in [-0.4, -0.2) is 0 Å². The second-order valence-corrected chi connectivity index (χ2v) is 5.77. The molecule has 1 atom stereocenters. The molecular formula is C19H20Cl3P. The zero-order valence-corrected chi connectivity index (χ0v) is 16.1. The van der Waals surface area contributed by atoms with E-state index in [1.165, 1.54) is 16.7 Å². The molecule has 0 aromatic heterocycles. The third kappa shape index (κ3) is 4.49. The van der Waals surface area contributed by atoms with Crippen LogP contribution >= 0.6 is 46.5 Å². The highest BCUT2D eigenvalue weighted by atomic mass is 35.5. The molecule has 0 bridgehead atoms. The molecule has 0 spiro atoms.